The third-order valence-electron chi connectivity index (χ3n) is 18.4. The van der Waals surface area contributed by atoms with E-state index in [4.69, 9.17) is 16.2 Å². The monoisotopic (exact) mass is 1530 g/mol. The Balaban J connectivity index is 1.09. The lowest BCUT2D eigenvalue weighted by Gasteiger charge is -2.36. The van der Waals surface area contributed by atoms with Gasteiger partial charge in [0, 0.05) is 55.7 Å². The number of aromatic hydroxyl groups is 1. The Morgan fingerprint density at radius 2 is 1.17 bits per heavy atom. The molecule has 0 saturated carbocycles. The van der Waals surface area contributed by atoms with Crippen molar-refractivity contribution in [1.29, 1.82) is 0 Å². The summed E-state index contributed by atoms with van der Waals surface area (Å²) < 4.78 is 4.32. The van der Waals surface area contributed by atoms with Gasteiger partial charge in [-0.2, -0.15) is 0 Å². The minimum atomic E-state index is -1.80. The molecule has 24 nitrogen and oxygen atoms in total. The first-order valence-electron chi connectivity index (χ1n) is 36.6. The molecule has 15 N–H and O–H groups in total. The van der Waals surface area contributed by atoms with Crippen molar-refractivity contribution < 1.29 is 62.9 Å². The summed E-state index contributed by atoms with van der Waals surface area (Å²) in [4.78, 5) is 144. The first-order valence-corrected chi connectivity index (χ1v) is 40.0. The van der Waals surface area contributed by atoms with E-state index in [-0.39, 0.29) is 68.1 Å². The number of rotatable bonds is 30. The van der Waals surface area contributed by atoms with Crippen molar-refractivity contribution >= 4 is 98.2 Å². The molecule has 1 aliphatic carbocycles. The fourth-order valence-corrected chi connectivity index (χ4v) is 16.6. The maximum Gasteiger partial charge on any atom is 0.407 e. The molecule has 6 aromatic rings. The van der Waals surface area contributed by atoms with Gasteiger partial charge >= 0.3 is 12.1 Å². The number of phenols is 1. The van der Waals surface area contributed by atoms with Gasteiger partial charge in [0.15, 0.2) is 5.78 Å². The summed E-state index contributed by atoms with van der Waals surface area (Å²) in [7, 11) is 2.06. The fourth-order valence-electron chi connectivity index (χ4n) is 12.6. The number of ketones is 1. The zero-order chi connectivity index (χ0) is 77.6. The van der Waals surface area contributed by atoms with Crippen molar-refractivity contribution in [3.8, 4) is 5.75 Å². The number of nitrogens with two attached hydrogens (primary N) is 2. The van der Waals surface area contributed by atoms with Crippen LogP contribution in [0.25, 0.3) is 5.57 Å². The number of aliphatic hydroxyl groups excluding tert-OH is 1. The van der Waals surface area contributed by atoms with Gasteiger partial charge in [0.05, 0.1) is 22.9 Å². The Bertz CT molecular complexity index is 3910. The van der Waals surface area contributed by atoms with Gasteiger partial charge < -0.3 is 74.3 Å². The molecule has 10 amide bonds. The van der Waals surface area contributed by atoms with E-state index < -0.39 is 130 Å². The summed E-state index contributed by atoms with van der Waals surface area (Å²) in [5.74, 6) is -8.46. The number of hydrogen-bond donors (Lipinski definition) is 13. The van der Waals surface area contributed by atoms with E-state index in [1.54, 1.807) is 45.0 Å². The topological polar surface area (TPSA) is 381 Å². The number of phenolic OH excluding ortho intramolecular Hbond substituents is 1. The van der Waals surface area contributed by atoms with Gasteiger partial charge in [0.1, 0.15) is 41.6 Å². The minimum Gasteiger partial charge on any atom is -0.508 e. The number of fused-ring (bicyclic) bond motifs is 1. The highest BCUT2D eigenvalue weighted by molar-refractivity contribution is 8.76. The Kier molecular flexibility index (Phi) is 32.8. The van der Waals surface area contributed by atoms with Crippen molar-refractivity contribution in [2.45, 2.75) is 163 Å². The van der Waals surface area contributed by atoms with E-state index in [2.05, 4.69) is 47.9 Å². The summed E-state index contributed by atoms with van der Waals surface area (Å²) >= 11 is 1.35. The Morgan fingerprint density at radius 3 is 1.76 bits per heavy atom. The third kappa shape index (κ3) is 26.0. The Labute approximate surface area is 643 Å². The standard InChI is InChI=1S/C81H101N11O13S3/c1-52(93)70-77(102)91-68(76(101)90-67(71(83)96)49-106-81(58-28-13-8-14-29-58,59-30-15-9-16-31-59)60-32-17-10-18-33-60)51-108-107-50-66(89-73(98)63(82)46-53-25-11-7-12-26-53)69(95)48-57(45-54-36-40-61(94)41-37-54)72(97)88-65(47-56-39-38-55-27-19-20-34-62(55)56)75(100)87-64(74(99)92-70)35-21-24-43-85-78(103)84-42-22-5-6-23-44-86-79(104)105-80(2,3)4/h7-20,25-34,36-37,39-41,52,57,63-68,70,93-94H,5-6,21-24,35,38,42-51,82H2,1-4H3,(H2,83,96)(H,86,104)(H,87,100)(H,88,97)(H,89,98)(H,90,101)(H,91,102)(H,92,99)(H2,84,85,103)/t52-,57-,63-,64+,65-,66+,67+,68+,70+/m1/s1. The number of allylic oxidation sites excluding steroid dienone is 1. The number of thioether (sulfide) groups is 1. The number of alkyl carbamates (subject to hydrolysis) is 1. The van der Waals surface area contributed by atoms with Crippen LogP contribution < -0.4 is 59.3 Å². The highest BCUT2D eigenvalue weighted by Crippen LogP contribution is 2.49. The van der Waals surface area contributed by atoms with E-state index in [1.807, 2.05) is 140 Å². The van der Waals surface area contributed by atoms with Gasteiger partial charge in [-0.1, -0.05) is 198 Å². The van der Waals surface area contributed by atoms with Crippen molar-refractivity contribution in [1.82, 2.24) is 47.9 Å². The maximum atomic E-state index is 15.3. The highest BCUT2D eigenvalue weighted by atomic mass is 33.1. The van der Waals surface area contributed by atoms with Crippen molar-refractivity contribution in [3.63, 3.8) is 0 Å². The van der Waals surface area contributed by atoms with E-state index >= 15 is 24.0 Å². The van der Waals surface area contributed by atoms with Crippen LogP contribution in [0.2, 0.25) is 0 Å². The number of aliphatic hydroxyl groups is 1. The molecule has 0 bridgehead atoms. The number of nitrogens with one attached hydrogen (secondary N) is 9. The molecular formula is C81H101N11O13S3. The van der Waals surface area contributed by atoms with Gasteiger partial charge in [-0.3, -0.25) is 38.4 Å². The molecule has 27 heteroatoms. The van der Waals surface area contributed by atoms with Gasteiger partial charge in [0.2, 0.25) is 41.4 Å². The number of amides is 10. The normalized spacial score (nSPS) is 19.2. The van der Waals surface area contributed by atoms with E-state index in [9.17, 15) is 34.2 Å². The van der Waals surface area contributed by atoms with E-state index in [1.165, 1.54) is 30.8 Å². The number of benzene rings is 6. The molecule has 1 fully saturated rings. The summed E-state index contributed by atoms with van der Waals surface area (Å²) in [6, 6.07) is 41.1. The second kappa shape index (κ2) is 42.2. The van der Waals surface area contributed by atoms with E-state index in [0.29, 0.717) is 37.1 Å². The van der Waals surface area contributed by atoms with Crippen LogP contribution >= 0.6 is 33.3 Å². The Hall–Kier alpha value is -9.67. The predicted molar refractivity (Wildman–Crippen MR) is 423 cm³/mol. The van der Waals surface area contributed by atoms with Crippen molar-refractivity contribution in [3.05, 3.63) is 215 Å². The molecule has 6 aromatic carbocycles. The van der Waals surface area contributed by atoms with Crippen LogP contribution in [0.5, 0.6) is 5.75 Å². The third-order valence-corrected chi connectivity index (χ3v) is 22.4. The van der Waals surface area contributed by atoms with Gasteiger partial charge in [-0.25, -0.2) is 9.59 Å². The van der Waals surface area contributed by atoms with Crippen molar-refractivity contribution in [2.24, 2.45) is 17.4 Å². The van der Waals surface area contributed by atoms with Crippen LogP contribution in [0.1, 0.15) is 124 Å². The SMILES string of the molecule is C[C@@H](O)[C@@H]1NC(=O)[C@H](CCCCNC(=O)NCCCCCCNC(=O)OC(C)(C)C)NC(=O)[C@@H](CC2=CCc3ccccc32)NC(=O)[C@H](Cc2ccc(O)cc2)CC(=O)[C@@H](NC(=O)[C@H](N)Cc2ccccc2)CSSC[C@@H](C(=O)N[C@@H](CSC(c2ccccc2)(c2ccccc2)c2ccccc2)C(N)=O)NC1=O. The highest BCUT2D eigenvalue weighted by Gasteiger charge is 2.41. The van der Waals surface area contributed by atoms with Gasteiger partial charge in [-0.15, -0.1) is 11.8 Å². The van der Waals surface area contributed by atoms with Crippen LogP contribution in [0.3, 0.4) is 0 Å². The van der Waals surface area contributed by atoms with Crippen molar-refractivity contribution in [2.75, 3.05) is 36.9 Å². The molecule has 2 aliphatic rings. The first kappa shape index (κ1) is 84.0. The summed E-state index contributed by atoms with van der Waals surface area (Å²) in [6.45, 7) is 7.59. The molecule has 0 spiro atoms. The minimum absolute atomic E-state index is 0.0534. The number of unbranched alkanes of at least 4 members (excludes halogenated alkanes) is 4. The predicted octanol–water partition coefficient (Wildman–Crippen LogP) is 7.56. The quantitative estimate of drug-likeness (QED) is 0.0117. The number of urea groups is 1. The molecule has 0 unspecified atom stereocenters. The summed E-state index contributed by atoms with van der Waals surface area (Å²) in [6.07, 6.45) is 3.13. The zero-order valence-corrected chi connectivity index (χ0v) is 63.9. The van der Waals surface area contributed by atoms with Crippen LogP contribution in [-0.2, 0) is 67.1 Å². The van der Waals surface area contributed by atoms with Gasteiger partial charge in [-0.05, 0) is 136 Å². The number of hydrogen-bond acceptors (Lipinski definition) is 17. The first-order chi connectivity index (χ1) is 51.9. The molecule has 1 saturated heterocycles. The molecule has 0 radical (unpaired) electrons. The number of primary amides is 1. The summed E-state index contributed by atoms with van der Waals surface area (Å²) in [5.41, 5.74) is 18.5. The van der Waals surface area contributed by atoms with E-state index in [0.717, 1.165) is 74.2 Å². The zero-order valence-electron chi connectivity index (χ0n) is 61.4. The average Bonchev–Trinajstić information content (AvgIpc) is 0.930. The molecule has 108 heavy (non-hydrogen) atoms. The average molecular weight is 1530 g/mol. The lowest BCUT2D eigenvalue weighted by atomic mass is 9.84. The lowest BCUT2D eigenvalue weighted by molar-refractivity contribution is -0.137. The number of ether oxygens (including phenoxy) is 1. The second-order valence-corrected chi connectivity index (χ2v) is 31.7. The molecule has 8 rings (SSSR count). The number of carbonyl (C=O) groups excluding carboxylic acids is 10. The van der Waals surface area contributed by atoms with Gasteiger partial charge in [0.25, 0.3) is 0 Å². The molecule has 9 atom stereocenters. The largest absolute Gasteiger partial charge is 0.508 e. The molecule has 576 valence electrons. The van der Waals surface area contributed by atoms with Crippen LogP contribution in [0, 0.1) is 5.92 Å². The lowest BCUT2D eigenvalue weighted by Crippen LogP contribution is -2.62. The number of Topliss-reactive ketones (excluding diaryl/α,β-unsaturated/α-hetero) is 1. The maximum absolute atomic E-state index is 15.3. The summed E-state index contributed by atoms with van der Waals surface area (Å²) in [5, 5.41) is 47.0. The van der Waals surface area contributed by atoms with Crippen LogP contribution in [0.15, 0.2) is 176 Å². The molecule has 1 aliphatic heterocycles. The smallest absolute Gasteiger partial charge is 0.407 e. The van der Waals surface area contributed by atoms with Crippen LogP contribution in [-0.4, -0.2) is 160 Å². The molecule has 0 aromatic heterocycles. The second-order valence-electron chi connectivity index (χ2n) is 27.9. The van der Waals surface area contributed by atoms with Crippen LogP contribution in [0.4, 0.5) is 9.59 Å². The fraction of sp³-hybridized carbons (Fsp3) is 0.407. The Morgan fingerprint density at radius 1 is 0.620 bits per heavy atom. The number of carbonyl (C=O) groups is 10. The molecular weight excluding hydrogens is 1430 g/mol. The molecule has 1 heterocycles.